The molecule has 1 heterocycles. The molecule has 1 aromatic heterocycles. The summed E-state index contributed by atoms with van der Waals surface area (Å²) in [5, 5.41) is 15.9. The van der Waals surface area contributed by atoms with Crippen molar-refractivity contribution >= 4 is 40.6 Å². The summed E-state index contributed by atoms with van der Waals surface area (Å²) < 4.78 is 1.89. The molecule has 0 aliphatic rings. The van der Waals surface area contributed by atoms with Crippen LogP contribution in [0.5, 0.6) is 0 Å². The van der Waals surface area contributed by atoms with Gasteiger partial charge in [-0.3, -0.25) is 4.79 Å². The average Bonchev–Trinajstić information content (AvgIpc) is 3.01. The van der Waals surface area contributed by atoms with Gasteiger partial charge in [0, 0.05) is 23.4 Å². The summed E-state index contributed by atoms with van der Waals surface area (Å²) in [5.41, 5.74) is 2.96. The molecular formula is C19H20ClN5OS. The number of halogens is 1. The van der Waals surface area contributed by atoms with Crippen molar-refractivity contribution in [1.29, 1.82) is 0 Å². The van der Waals surface area contributed by atoms with Crippen LogP contribution in [-0.2, 0) is 18.4 Å². The van der Waals surface area contributed by atoms with E-state index in [1.54, 1.807) is 24.3 Å². The number of nitrogens with one attached hydrogen (secondary N) is 2. The Morgan fingerprint density at radius 2 is 1.74 bits per heavy atom. The summed E-state index contributed by atoms with van der Waals surface area (Å²) >= 11 is 7.19. The zero-order chi connectivity index (χ0) is 19.2. The van der Waals surface area contributed by atoms with E-state index in [0.29, 0.717) is 22.4 Å². The van der Waals surface area contributed by atoms with Crippen molar-refractivity contribution in [3.8, 4) is 0 Å². The largest absolute Gasteiger partial charge is 0.378 e. The number of carbonyl (C=O) groups is 1. The summed E-state index contributed by atoms with van der Waals surface area (Å²) in [5.74, 6) is 0.945. The van der Waals surface area contributed by atoms with Crippen LogP contribution in [0.25, 0.3) is 0 Å². The van der Waals surface area contributed by atoms with E-state index in [9.17, 15) is 4.79 Å². The Morgan fingerprint density at radius 1 is 1.07 bits per heavy atom. The molecule has 0 radical (unpaired) electrons. The van der Waals surface area contributed by atoms with Crippen molar-refractivity contribution in [1.82, 2.24) is 14.8 Å². The maximum absolute atomic E-state index is 12.1. The van der Waals surface area contributed by atoms with Crippen LogP contribution < -0.4 is 10.6 Å². The molecule has 140 valence electrons. The molecule has 3 aromatic rings. The van der Waals surface area contributed by atoms with Crippen LogP contribution in [0.2, 0.25) is 5.02 Å². The number of amides is 1. The van der Waals surface area contributed by atoms with Gasteiger partial charge < -0.3 is 15.2 Å². The molecule has 2 N–H and O–H groups in total. The maximum atomic E-state index is 12.1. The molecule has 0 fully saturated rings. The Hall–Kier alpha value is -2.51. The first-order valence-electron chi connectivity index (χ1n) is 8.38. The highest BCUT2D eigenvalue weighted by Gasteiger charge is 2.11. The lowest BCUT2D eigenvalue weighted by Gasteiger charge is -2.07. The Morgan fingerprint density at radius 3 is 2.44 bits per heavy atom. The fraction of sp³-hybridized carbons (Fsp3) is 0.211. The summed E-state index contributed by atoms with van der Waals surface area (Å²) in [7, 11) is 1.89. The zero-order valence-electron chi connectivity index (χ0n) is 15.1. The monoisotopic (exact) mass is 401 g/mol. The number of anilines is 2. The molecule has 1 amide bonds. The number of hydrogen-bond donors (Lipinski definition) is 2. The lowest BCUT2D eigenvalue weighted by atomic mass is 10.2. The number of rotatable bonds is 7. The van der Waals surface area contributed by atoms with E-state index in [-0.39, 0.29) is 11.7 Å². The predicted octanol–water partition coefficient (Wildman–Crippen LogP) is 4.12. The molecule has 6 nitrogen and oxygen atoms in total. The highest BCUT2D eigenvalue weighted by Crippen LogP contribution is 2.18. The number of aryl methyl sites for hydroxylation is 1. The van der Waals surface area contributed by atoms with Crippen molar-refractivity contribution in [3.63, 3.8) is 0 Å². The van der Waals surface area contributed by atoms with Crippen molar-refractivity contribution < 1.29 is 4.79 Å². The lowest BCUT2D eigenvalue weighted by molar-refractivity contribution is -0.113. The lowest BCUT2D eigenvalue weighted by Crippen LogP contribution is -2.14. The third-order valence-electron chi connectivity index (χ3n) is 3.89. The van der Waals surface area contributed by atoms with Gasteiger partial charge in [0.2, 0.25) is 5.91 Å². The van der Waals surface area contributed by atoms with Crippen LogP contribution in [-0.4, -0.2) is 26.4 Å². The zero-order valence-corrected chi connectivity index (χ0v) is 16.6. The van der Waals surface area contributed by atoms with Gasteiger partial charge in [-0.15, -0.1) is 10.2 Å². The second kappa shape index (κ2) is 8.92. The standard InChI is InChI=1S/C19H20ClN5OS/c1-13-3-7-15(8-4-13)21-11-17-23-24-19(25(17)2)27-12-18(26)22-16-9-5-14(20)6-10-16/h3-10,21H,11-12H2,1-2H3,(H,22,26). The third kappa shape index (κ3) is 5.48. The molecule has 0 saturated heterocycles. The fourth-order valence-electron chi connectivity index (χ4n) is 2.34. The smallest absolute Gasteiger partial charge is 0.234 e. The first-order chi connectivity index (χ1) is 13.0. The van der Waals surface area contributed by atoms with Crippen molar-refractivity contribution in [2.24, 2.45) is 7.05 Å². The van der Waals surface area contributed by atoms with Crippen LogP contribution in [0, 0.1) is 6.92 Å². The van der Waals surface area contributed by atoms with Crippen LogP contribution in [0.15, 0.2) is 53.7 Å². The third-order valence-corrected chi connectivity index (χ3v) is 5.16. The number of thioether (sulfide) groups is 1. The quantitative estimate of drug-likeness (QED) is 0.582. The second-order valence-electron chi connectivity index (χ2n) is 6.02. The SMILES string of the molecule is Cc1ccc(NCc2nnc(SCC(=O)Nc3ccc(Cl)cc3)n2C)cc1. The minimum Gasteiger partial charge on any atom is -0.378 e. The second-order valence-corrected chi connectivity index (χ2v) is 7.40. The van der Waals surface area contributed by atoms with Crippen LogP contribution >= 0.6 is 23.4 Å². The first-order valence-corrected chi connectivity index (χ1v) is 9.74. The first kappa shape index (κ1) is 19.3. The Labute approximate surface area is 167 Å². The van der Waals surface area contributed by atoms with Crippen molar-refractivity contribution in [2.75, 3.05) is 16.4 Å². The average molecular weight is 402 g/mol. The van der Waals surface area contributed by atoms with Crippen molar-refractivity contribution in [3.05, 3.63) is 64.9 Å². The Bertz CT molecular complexity index is 909. The van der Waals surface area contributed by atoms with Crippen molar-refractivity contribution in [2.45, 2.75) is 18.6 Å². The van der Waals surface area contributed by atoms with Gasteiger partial charge in [0.1, 0.15) is 0 Å². The number of carbonyl (C=O) groups excluding carboxylic acids is 1. The molecule has 3 rings (SSSR count). The summed E-state index contributed by atoms with van der Waals surface area (Å²) in [6, 6.07) is 15.2. The topological polar surface area (TPSA) is 71.8 Å². The number of benzene rings is 2. The van der Waals surface area contributed by atoms with Crippen LogP contribution in [0.1, 0.15) is 11.4 Å². The molecule has 0 aliphatic heterocycles. The minimum absolute atomic E-state index is 0.107. The van der Waals surface area contributed by atoms with Gasteiger partial charge in [-0.2, -0.15) is 0 Å². The van der Waals surface area contributed by atoms with E-state index in [0.717, 1.165) is 11.5 Å². The summed E-state index contributed by atoms with van der Waals surface area (Å²) in [4.78, 5) is 12.1. The van der Waals surface area contributed by atoms with Gasteiger partial charge in [0.25, 0.3) is 0 Å². The number of nitrogens with zero attached hydrogens (tertiary/aromatic N) is 3. The highest BCUT2D eigenvalue weighted by molar-refractivity contribution is 7.99. The molecule has 27 heavy (non-hydrogen) atoms. The fourth-order valence-corrected chi connectivity index (χ4v) is 3.19. The molecule has 0 bridgehead atoms. The molecule has 8 heteroatoms. The van der Waals surface area contributed by atoms with E-state index in [4.69, 9.17) is 11.6 Å². The van der Waals surface area contributed by atoms with E-state index >= 15 is 0 Å². The normalized spacial score (nSPS) is 10.6. The minimum atomic E-state index is -0.107. The molecule has 0 aliphatic carbocycles. The van der Waals surface area contributed by atoms with E-state index in [2.05, 4.69) is 39.9 Å². The molecule has 0 spiro atoms. The van der Waals surface area contributed by atoms with Gasteiger partial charge in [0.05, 0.1) is 12.3 Å². The molecular weight excluding hydrogens is 382 g/mol. The summed E-state index contributed by atoms with van der Waals surface area (Å²) in [6.45, 7) is 2.61. The molecule has 0 atom stereocenters. The maximum Gasteiger partial charge on any atom is 0.234 e. The molecule has 0 unspecified atom stereocenters. The number of hydrogen-bond acceptors (Lipinski definition) is 5. The van der Waals surface area contributed by atoms with Gasteiger partial charge >= 0.3 is 0 Å². The van der Waals surface area contributed by atoms with E-state index in [1.807, 2.05) is 23.7 Å². The van der Waals surface area contributed by atoms with Gasteiger partial charge in [-0.05, 0) is 43.3 Å². The van der Waals surface area contributed by atoms with E-state index in [1.165, 1.54) is 17.3 Å². The van der Waals surface area contributed by atoms with E-state index < -0.39 is 0 Å². The Kier molecular flexibility index (Phi) is 6.36. The Balaban J connectivity index is 1.51. The van der Waals surface area contributed by atoms with Crippen LogP contribution in [0.3, 0.4) is 0 Å². The van der Waals surface area contributed by atoms with Gasteiger partial charge in [0.15, 0.2) is 11.0 Å². The molecule has 0 saturated carbocycles. The molecule has 2 aromatic carbocycles. The number of aromatic nitrogens is 3. The van der Waals surface area contributed by atoms with Gasteiger partial charge in [-0.25, -0.2) is 0 Å². The van der Waals surface area contributed by atoms with Gasteiger partial charge in [-0.1, -0.05) is 41.1 Å². The summed E-state index contributed by atoms with van der Waals surface area (Å²) in [6.07, 6.45) is 0. The highest BCUT2D eigenvalue weighted by atomic mass is 35.5. The van der Waals surface area contributed by atoms with Crippen LogP contribution in [0.4, 0.5) is 11.4 Å². The predicted molar refractivity (Wildman–Crippen MR) is 110 cm³/mol.